The van der Waals surface area contributed by atoms with Crippen LogP contribution >= 0.6 is 0 Å². The van der Waals surface area contributed by atoms with E-state index in [0.717, 1.165) is 5.56 Å². The highest BCUT2D eigenvalue weighted by molar-refractivity contribution is 5.88. The summed E-state index contributed by atoms with van der Waals surface area (Å²) < 4.78 is 46.1. The Labute approximate surface area is 205 Å². The lowest BCUT2D eigenvalue weighted by Crippen LogP contribution is -2.44. The molecule has 1 atom stereocenters. The largest absolute Gasteiger partial charge is 0.451 e. The van der Waals surface area contributed by atoms with E-state index in [1.165, 1.54) is 17.0 Å². The van der Waals surface area contributed by atoms with E-state index in [4.69, 9.17) is 10.00 Å². The lowest BCUT2D eigenvalue weighted by atomic mass is 10.1. The van der Waals surface area contributed by atoms with Crippen LogP contribution in [0.3, 0.4) is 0 Å². The first kappa shape index (κ1) is 25.0. The van der Waals surface area contributed by atoms with Crippen LogP contribution in [-0.4, -0.2) is 47.5 Å². The Bertz CT molecular complexity index is 1210. The molecule has 1 aromatic carbocycles. The van der Waals surface area contributed by atoms with Crippen molar-refractivity contribution >= 4 is 17.6 Å². The van der Waals surface area contributed by atoms with Gasteiger partial charge in [0.05, 0.1) is 11.6 Å². The van der Waals surface area contributed by atoms with Gasteiger partial charge in [0.15, 0.2) is 0 Å². The molecule has 2 aromatic rings. The number of rotatable bonds is 7. The van der Waals surface area contributed by atoms with Crippen LogP contribution in [0.15, 0.2) is 42.2 Å². The van der Waals surface area contributed by atoms with Crippen LogP contribution in [0.1, 0.15) is 36.2 Å². The van der Waals surface area contributed by atoms with Crippen LogP contribution in [0.4, 0.5) is 19.0 Å². The summed E-state index contributed by atoms with van der Waals surface area (Å²) >= 11 is 0. The fourth-order valence-electron chi connectivity index (χ4n) is 4.04. The van der Waals surface area contributed by atoms with E-state index >= 15 is 0 Å². The number of hydrogen-bond acceptors (Lipinski definition) is 7. The average molecular weight is 500 g/mol. The van der Waals surface area contributed by atoms with Crippen molar-refractivity contribution < 1.29 is 27.5 Å². The molecule has 12 heteroatoms. The van der Waals surface area contributed by atoms with Crippen LogP contribution in [0, 0.1) is 11.3 Å². The molecule has 2 aliphatic rings. The smallest absolute Gasteiger partial charge is 0.443 e. The number of carbonyl (C=O) groups is 2. The molecule has 0 aliphatic carbocycles. The summed E-state index contributed by atoms with van der Waals surface area (Å²) in [6.07, 6.45) is -1.77. The molecule has 0 radical (unpaired) electrons. The predicted molar refractivity (Wildman–Crippen MR) is 122 cm³/mol. The number of nitrogens with zero attached hydrogens (tertiary/aromatic N) is 4. The average Bonchev–Trinajstić information content (AvgIpc) is 3.34. The van der Waals surface area contributed by atoms with Gasteiger partial charge < -0.3 is 20.3 Å². The molecule has 0 bridgehead atoms. The van der Waals surface area contributed by atoms with Crippen molar-refractivity contribution in [1.82, 2.24) is 20.6 Å². The number of ether oxygens (including phenoxy) is 1. The van der Waals surface area contributed by atoms with Crippen molar-refractivity contribution in [2.24, 2.45) is 0 Å². The van der Waals surface area contributed by atoms with Crippen molar-refractivity contribution in [1.29, 1.82) is 5.26 Å². The maximum atomic E-state index is 13.5. The van der Waals surface area contributed by atoms with E-state index in [1.54, 1.807) is 24.3 Å². The van der Waals surface area contributed by atoms with Crippen molar-refractivity contribution in [3.63, 3.8) is 0 Å². The molecule has 2 amide bonds. The fraction of sp³-hybridized carbons (Fsp3) is 0.375. The van der Waals surface area contributed by atoms with Crippen LogP contribution in [0.2, 0.25) is 0 Å². The van der Waals surface area contributed by atoms with Gasteiger partial charge in [0, 0.05) is 38.2 Å². The molecule has 3 heterocycles. The molecular formula is C24H23F3N6O3. The zero-order valence-corrected chi connectivity index (χ0v) is 19.1. The highest BCUT2D eigenvalue weighted by Gasteiger charge is 2.38. The molecular weight excluding hydrogens is 477 g/mol. The Hall–Kier alpha value is -4.14. The zero-order chi connectivity index (χ0) is 25.7. The number of anilines is 1. The first-order valence-electron chi connectivity index (χ1n) is 11.4. The lowest BCUT2D eigenvalue weighted by Gasteiger charge is -2.26. The Morgan fingerprint density at radius 1 is 1.28 bits per heavy atom. The second kappa shape index (κ2) is 10.6. The molecule has 36 heavy (non-hydrogen) atoms. The molecule has 188 valence electrons. The van der Waals surface area contributed by atoms with Gasteiger partial charge in [0.1, 0.15) is 17.6 Å². The minimum Gasteiger partial charge on any atom is -0.443 e. The predicted octanol–water partition coefficient (Wildman–Crippen LogP) is 2.48. The summed E-state index contributed by atoms with van der Waals surface area (Å²) in [4.78, 5) is 33.1. The van der Waals surface area contributed by atoms with Crippen molar-refractivity contribution in [2.75, 3.05) is 24.5 Å². The van der Waals surface area contributed by atoms with E-state index in [2.05, 4.69) is 20.6 Å². The van der Waals surface area contributed by atoms with Crippen LogP contribution in [0.5, 0.6) is 5.88 Å². The maximum Gasteiger partial charge on any atom is 0.451 e. The van der Waals surface area contributed by atoms with Gasteiger partial charge in [0.2, 0.25) is 23.5 Å². The van der Waals surface area contributed by atoms with Gasteiger partial charge in [-0.05, 0) is 37.0 Å². The Balaban J connectivity index is 1.48. The lowest BCUT2D eigenvalue weighted by molar-refractivity contribution is -0.145. The van der Waals surface area contributed by atoms with E-state index in [9.17, 15) is 22.8 Å². The minimum atomic E-state index is -4.83. The highest BCUT2D eigenvalue weighted by atomic mass is 19.4. The number of amides is 2. The van der Waals surface area contributed by atoms with Gasteiger partial charge >= 0.3 is 6.18 Å². The highest BCUT2D eigenvalue weighted by Crippen LogP contribution is 2.33. The molecule has 0 unspecified atom stereocenters. The number of hydrogen-bond donors (Lipinski definition) is 2. The quantitative estimate of drug-likeness (QED) is 0.599. The second-order valence-corrected chi connectivity index (χ2v) is 8.34. The summed E-state index contributed by atoms with van der Waals surface area (Å²) in [6.45, 7) is 0.968. The summed E-state index contributed by atoms with van der Waals surface area (Å²) in [5.41, 5.74) is 1.48. The summed E-state index contributed by atoms with van der Waals surface area (Å²) in [6, 6.07) is 9.59. The second-order valence-electron chi connectivity index (χ2n) is 8.34. The topological polar surface area (TPSA) is 120 Å². The number of nitriles is 1. The van der Waals surface area contributed by atoms with Crippen LogP contribution < -0.4 is 20.3 Å². The molecule has 2 aliphatic heterocycles. The van der Waals surface area contributed by atoms with Gasteiger partial charge in [0.25, 0.3) is 0 Å². The van der Waals surface area contributed by atoms with Gasteiger partial charge in [-0.2, -0.15) is 23.4 Å². The number of aromatic nitrogens is 2. The van der Waals surface area contributed by atoms with E-state index < -0.39 is 23.9 Å². The molecule has 0 saturated carbocycles. The summed E-state index contributed by atoms with van der Waals surface area (Å²) in [5.74, 6) is -2.34. The van der Waals surface area contributed by atoms with Gasteiger partial charge in [-0.3, -0.25) is 9.59 Å². The fourth-order valence-corrected chi connectivity index (χ4v) is 4.04. The van der Waals surface area contributed by atoms with Crippen molar-refractivity contribution in [3.8, 4) is 11.9 Å². The van der Waals surface area contributed by atoms with Gasteiger partial charge in [-0.25, -0.2) is 4.98 Å². The third-order valence-corrected chi connectivity index (χ3v) is 5.79. The molecule has 1 fully saturated rings. The number of alkyl halides is 3. The Morgan fingerprint density at radius 3 is 2.75 bits per heavy atom. The van der Waals surface area contributed by atoms with Gasteiger partial charge in [-0.15, -0.1) is 0 Å². The molecule has 4 rings (SSSR count). The molecule has 1 aromatic heterocycles. The van der Waals surface area contributed by atoms with E-state index in [1.807, 2.05) is 6.07 Å². The number of carbonyl (C=O) groups excluding carboxylic acids is 2. The zero-order valence-electron chi connectivity index (χ0n) is 19.1. The molecule has 9 nitrogen and oxygen atoms in total. The number of halogens is 3. The third-order valence-electron chi connectivity index (χ3n) is 5.79. The molecule has 2 N–H and O–H groups in total. The summed E-state index contributed by atoms with van der Waals surface area (Å²) in [7, 11) is 0. The monoisotopic (exact) mass is 500 g/mol. The van der Waals surface area contributed by atoms with Crippen LogP contribution in [0.25, 0.3) is 0 Å². The first-order chi connectivity index (χ1) is 17.2. The van der Waals surface area contributed by atoms with Crippen LogP contribution in [-0.2, 0) is 22.2 Å². The number of nitrogens with one attached hydrogen (secondary N) is 2. The Morgan fingerprint density at radius 2 is 2.06 bits per heavy atom. The maximum absolute atomic E-state index is 13.5. The molecule has 0 spiro atoms. The molecule has 1 saturated heterocycles. The minimum absolute atomic E-state index is 0.0714. The van der Waals surface area contributed by atoms with Gasteiger partial charge in [-0.1, -0.05) is 12.1 Å². The first-order valence-corrected chi connectivity index (χ1v) is 11.4. The Kier molecular flexibility index (Phi) is 7.38. The normalized spacial score (nSPS) is 17.7. The van der Waals surface area contributed by atoms with Crippen molar-refractivity contribution in [2.45, 2.75) is 37.9 Å². The summed E-state index contributed by atoms with van der Waals surface area (Å²) in [5, 5.41) is 14.3. The van der Waals surface area contributed by atoms with E-state index in [0.29, 0.717) is 50.9 Å². The standard InChI is InChI=1S/C24H23F3N6O3/c25-24(26,27)23-31-19(13-21(32-23)36-17-8-10-29-20(34)12-17)33-11-1-2-18(33)22(35)30-9-7-15-3-5-16(14-28)6-4-15/h3-6,12-13,18H,1-2,7-11H2,(H,29,34)(H,30,35)/t18-/m0/s1. The number of benzene rings is 1. The third kappa shape index (κ3) is 6.10. The van der Waals surface area contributed by atoms with E-state index in [-0.39, 0.29) is 23.4 Å². The SMILES string of the molecule is N#Cc1ccc(CCNC(=O)[C@@H]2CCCN2c2cc(OC3=CC(=O)NCC3)nc(C(F)(F)F)n2)cc1. The van der Waals surface area contributed by atoms with Crippen molar-refractivity contribution in [3.05, 3.63) is 59.1 Å².